The van der Waals surface area contributed by atoms with Gasteiger partial charge in [-0.1, -0.05) is 12.1 Å². The molecule has 112 valence electrons. The van der Waals surface area contributed by atoms with E-state index in [1.54, 1.807) is 0 Å². The molecule has 0 saturated carbocycles. The molecule has 6 N–H and O–H groups in total. The number of benzene rings is 1. The zero-order valence-electron chi connectivity index (χ0n) is 12.1. The largest absolute Gasteiger partial charge is 0.399 e. The molecule has 0 atom stereocenters. The van der Waals surface area contributed by atoms with Crippen LogP contribution in [-0.2, 0) is 6.42 Å². The van der Waals surface area contributed by atoms with Crippen molar-refractivity contribution < 1.29 is 0 Å². The third-order valence-electron chi connectivity index (χ3n) is 3.58. The molecule has 0 radical (unpaired) electrons. The Morgan fingerprint density at radius 1 is 0.850 bits per heavy atom. The van der Waals surface area contributed by atoms with Crippen molar-refractivity contribution in [1.29, 1.82) is 0 Å². The number of rotatable bonds is 2. The van der Waals surface area contributed by atoms with Crippen LogP contribution >= 0.6 is 0 Å². The fourth-order valence-corrected chi connectivity index (χ4v) is 2.43. The van der Waals surface area contributed by atoms with E-state index in [-0.39, 0.29) is 0 Å². The van der Waals surface area contributed by atoms with Crippen LogP contribution in [-0.4, -0.2) is 45.9 Å². The highest BCUT2D eigenvalue weighted by molar-refractivity contribution is 5.39. The topological polar surface area (TPSA) is 74.1 Å². The first kappa shape index (κ1) is 15.3. The number of hydrogen-bond donors (Lipinski definition) is 5. The minimum Gasteiger partial charge on any atom is -0.399 e. The zero-order valence-corrected chi connectivity index (χ0v) is 12.1. The summed E-state index contributed by atoms with van der Waals surface area (Å²) in [5.41, 5.74) is 7.93. The van der Waals surface area contributed by atoms with E-state index in [1.165, 1.54) is 5.56 Å². The minimum absolute atomic E-state index is 0.609. The normalized spacial score (nSPS) is 20.0. The minimum atomic E-state index is 0.609. The van der Waals surface area contributed by atoms with E-state index in [1.807, 2.05) is 12.1 Å². The van der Waals surface area contributed by atoms with Gasteiger partial charge in [-0.25, -0.2) is 0 Å². The van der Waals surface area contributed by atoms with Crippen molar-refractivity contribution in [3.8, 4) is 0 Å². The van der Waals surface area contributed by atoms with Crippen LogP contribution < -0.4 is 27.0 Å². The van der Waals surface area contributed by atoms with E-state index >= 15 is 0 Å². The highest BCUT2D eigenvalue weighted by atomic mass is 15.1. The molecule has 0 aliphatic carbocycles. The Kier molecular flexibility index (Phi) is 6.80. The fourth-order valence-electron chi connectivity index (χ4n) is 2.43. The smallest absolute Gasteiger partial charge is 0.0455 e. The maximum atomic E-state index is 5.74. The summed E-state index contributed by atoms with van der Waals surface area (Å²) in [6, 6.07) is 8.24. The first-order valence-corrected chi connectivity index (χ1v) is 7.52. The van der Waals surface area contributed by atoms with Gasteiger partial charge in [-0.2, -0.15) is 0 Å². The molecular weight excluding hydrogens is 250 g/mol. The van der Waals surface area contributed by atoms with E-state index in [9.17, 15) is 0 Å². The van der Waals surface area contributed by atoms with Gasteiger partial charge in [0.1, 0.15) is 0 Å². The van der Waals surface area contributed by atoms with Crippen molar-refractivity contribution in [3.63, 3.8) is 0 Å². The quantitative estimate of drug-likeness (QED) is 0.482. The van der Waals surface area contributed by atoms with Gasteiger partial charge in [-0.05, 0) is 43.1 Å². The first-order valence-electron chi connectivity index (χ1n) is 7.52. The molecule has 20 heavy (non-hydrogen) atoms. The van der Waals surface area contributed by atoms with Crippen molar-refractivity contribution in [2.24, 2.45) is 5.92 Å². The summed E-state index contributed by atoms with van der Waals surface area (Å²) in [6.07, 6.45) is 1.08. The van der Waals surface area contributed by atoms with Crippen LogP contribution in [0.4, 0.5) is 5.69 Å². The van der Waals surface area contributed by atoms with E-state index in [2.05, 4.69) is 33.4 Å². The summed E-state index contributed by atoms with van der Waals surface area (Å²) in [6.45, 7) is 7.03. The van der Waals surface area contributed by atoms with E-state index in [4.69, 9.17) is 5.73 Å². The van der Waals surface area contributed by atoms with Gasteiger partial charge in [-0.15, -0.1) is 0 Å². The highest BCUT2D eigenvalue weighted by Crippen LogP contribution is 2.10. The Bertz CT molecular complexity index is 353. The molecule has 1 saturated heterocycles. The average Bonchev–Trinajstić information content (AvgIpc) is 2.44. The molecular formula is C15H27N5. The van der Waals surface area contributed by atoms with Crippen molar-refractivity contribution >= 4 is 5.69 Å². The third-order valence-corrected chi connectivity index (χ3v) is 3.58. The zero-order chi connectivity index (χ0) is 14.0. The Labute approximate surface area is 121 Å². The van der Waals surface area contributed by atoms with Gasteiger partial charge in [0.05, 0.1) is 0 Å². The second-order valence-corrected chi connectivity index (χ2v) is 5.40. The lowest BCUT2D eigenvalue weighted by Gasteiger charge is -2.20. The number of nitrogens with one attached hydrogen (secondary N) is 4. The molecule has 5 heteroatoms. The Hall–Kier alpha value is -1.14. The van der Waals surface area contributed by atoms with Crippen LogP contribution in [0.3, 0.4) is 0 Å². The maximum absolute atomic E-state index is 5.74. The first-order chi connectivity index (χ1) is 9.84. The third kappa shape index (κ3) is 5.88. The van der Waals surface area contributed by atoms with Crippen LogP contribution in [0.1, 0.15) is 5.56 Å². The predicted molar refractivity (Wildman–Crippen MR) is 84.7 cm³/mol. The van der Waals surface area contributed by atoms with Gasteiger partial charge in [-0.3, -0.25) is 0 Å². The Morgan fingerprint density at radius 2 is 1.40 bits per heavy atom. The fraction of sp³-hybridized carbons (Fsp3) is 0.600. The molecule has 1 heterocycles. The molecule has 0 bridgehead atoms. The summed E-state index contributed by atoms with van der Waals surface area (Å²) in [5, 5.41) is 13.8. The molecule has 1 aliphatic rings. The Balaban J connectivity index is 1.83. The SMILES string of the molecule is Nc1ccc(CC2CNCCNCNCCNC2)cc1. The monoisotopic (exact) mass is 277 g/mol. The second kappa shape index (κ2) is 8.92. The predicted octanol–water partition coefficient (Wildman–Crippen LogP) is -0.243. The van der Waals surface area contributed by atoms with Crippen LogP contribution in [0.5, 0.6) is 0 Å². The summed E-state index contributed by atoms with van der Waals surface area (Å²) in [7, 11) is 0. The van der Waals surface area contributed by atoms with Crippen molar-refractivity contribution in [2.45, 2.75) is 6.42 Å². The Morgan fingerprint density at radius 3 is 2.00 bits per heavy atom. The van der Waals surface area contributed by atoms with E-state index in [0.29, 0.717) is 5.92 Å². The van der Waals surface area contributed by atoms with Crippen LogP contribution in [0.25, 0.3) is 0 Å². The molecule has 0 unspecified atom stereocenters. The number of nitrogens with two attached hydrogens (primary N) is 1. The standard InChI is InChI=1S/C15H27N5/c16-15-3-1-13(2-4-15)9-14-10-17-5-7-19-12-20-8-6-18-11-14/h1-4,14,17-20H,5-12,16H2. The molecule has 0 amide bonds. The van der Waals surface area contributed by atoms with Crippen LogP contribution in [0, 0.1) is 5.92 Å². The van der Waals surface area contributed by atoms with Crippen molar-refractivity contribution in [1.82, 2.24) is 21.3 Å². The van der Waals surface area contributed by atoms with Gasteiger partial charge in [0.15, 0.2) is 0 Å². The summed E-state index contributed by atoms with van der Waals surface area (Å²) in [5.74, 6) is 0.609. The number of nitrogen functional groups attached to an aromatic ring is 1. The molecule has 0 aromatic heterocycles. The number of hydrogen-bond acceptors (Lipinski definition) is 5. The van der Waals surface area contributed by atoms with E-state index < -0.39 is 0 Å². The molecule has 1 aromatic rings. The lowest BCUT2D eigenvalue weighted by molar-refractivity contribution is 0.423. The molecule has 5 nitrogen and oxygen atoms in total. The molecule has 1 fully saturated rings. The molecule has 1 aliphatic heterocycles. The van der Waals surface area contributed by atoms with Crippen molar-refractivity contribution in [3.05, 3.63) is 29.8 Å². The maximum Gasteiger partial charge on any atom is 0.0455 e. The van der Waals surface area contributed by atoms with Crippen LogP contribution in [0.2, 0.25) is 0 Å². The van der Waals surface area contributed by atoms with Crippen molar-refractivity contribution in [2.75, 3.05) is 51.7 Å². The summed E-state index contributed by atoms with van der Waals surface area (Å²) in [4.78, 5) is 0. The van der Waals surface area contributed by atoms with Gasteiger partial charge in [0.25, 0.3) is 0 Å². The van der Waals surface area contributed by atoms with Gasteiger partial charge < -0.3 is 27.0 Å². The summed E-state index contributed by atoms with van der Waals surface area (Å²) < 4.78 is 0. The average molecular weight is 277 g/mol. The van der Waals surface area contributed by atoms with Gasteiger partial charge in [0.2, 0.25) is 0 Å². The molecule has 0 spiro atoms. The lowest BCUT2D eigenvalue weighted by Crippen LogP contribution is -2.42. The summed E-state index contributed by atoms with van der Waals surface area (Å²) >= 11 is 0. The van der Waals surface area contributed by atoms with Gasteiger partial charge in [0, 0.05) is 38.5 Å². The van der Waals surface area contributed by atoms with Crippen LogP contribution in [0.15, 0.2) is 24.3 Å². The molecule has 2 rings (SSSR count). The molecule has 1 aromatic carbocycles. The number of anilines is 1. The van der Waals surface area contributed by atoms with Gasteiger partial charge >= 0.3 is 0 Å². The second-order valence-electron chi connectivity index (χ2n) is 5.40. The van der Waals surface area contributed by atoms with E-state index in [0.717, 1.165) is 58.0 Å². The lowest BCUT2D eigenvalue weighted by atomic mass is 9.99. The highest BCUT2D eigenvalue weighted by Gasteiger charge is 2.09.